The number of para-hydroxylation sites is 1. The number of aromatic nitrogens is 1. The lowest BCUT2D eigenvalue weighted by atomic mass is 10.0. The molecule has 1 saturated heterocycles. The van der Waals surface area contributed by atoms with Crippen LogP contribution < -0.4 is 0 Å². The number of fused-ring (bicyclic) bond motifs is 1. The average Bonchev–Trinajstić information content (AvgIpc) is 2.64. The Morgan fingerprint density at radius 3 is 2.56 bits per heavy atom. The van der Waals surface area contributed by atoms with Gasteiger partial charge in [-0.2, -0.15) is 0 Å². The van der Waals surface area contributed by atoms with Crippen molar-refractivity contribution in [3.05, 3.63) is 41.1 Å². The molecule has 27 heavy (non-hydrogen) atoms. The van der Waals surface area contributed by atoms with E-state index in [0.717, 1.165) is 28.6 Å². The maximum atomic E-state index is 12.8. The minimum Gasteiger partial charge on any atom is -0.452 e. The number of amides is 1. The second-order valence-corrected chi connectivity index (χ2v) is 7.06. The highest BCUT2D eigenvalue weighted by atomic mass is 16.5. The van der Waals surface area contributed by atoms with Gasteiger partial charge in [0.05, 0.1) is 23.3 Å². The van der Waals surface area contributed by atoms with E-state index in [1.54, 1.807) is 4.90 Å². The molecule has 1 amide bonds. The Morgan fingerprint density at radius 2 is 1.89 bits per heavy atom. The number of ether oxygens (including phenoxy) is 2. The minimum absolute atomic E-state index is 0.0214. The first-order valence-electron chi connectivity index (χ1n) is 9.39. The Kier molecular flexibility index (Phi) is 5.75. The molecular formula is C21H26N2O4. The molecule has 0 unspecified atom stereocenters. The first kappa shape index (κ1) is 19.3. The monoisotopic (exact) mass is 370 g/mol. The fraction of sp³-hybridized carbons (Fsp3) is 0.476. The maximum absolute atomic E-state index is 12.8. The van der Waals surface area contributed by atoms with Crippen molar-refractivity contribution >= 4 is 22.8 Å². The lowest BCUT2D eigenvalue weighted by Gasteiger charge is -2.35. The summed E-state index contributed by atoms with van der Waals surface area (Å²) in [5, 5.41) is 0.748. The molecule has 0 N–H and O–H groups in total. The minimum atomic E-state index is -0.483. The van der Waals surface area contributed by atoms with Crippen molar-refractivity contribution in [3.8, 4) is 0 Å². The van der Waals surface area contributed by atoms with E-state index in [2.05, 4.69) is 4.98 Å². The summed E-state index contributed by atoms with van der Waals surface area (Å²) in [4.78, 5) is 31.6. The van der Waals surface area contributed by atoms with Crippen LogP contribution in [0.4, 0.5) is 0 Å². The van der Waals surface area contributed by atoms with Crippen LogP contribution >= 0.6 is 0 Å². The molecule has 2 atom stereocenters. The van der Waals surface area contributed by atoms with Gasteiger partial charge in [-0.15, -0.1) is 0 Å². The molecule has 144 valence electrons. The Morgan fingerprint density at radius 1 is 1.22 bits per heavy atom. The molecule has 1 aliphatic rings. The molecule has 1 aromatic carbocycles. The standard InChI is InChI=1S/C21H26N2O4/c1-5-17-15(4)20(16-8-6-7-9-18(16)22-17)21(25)26-12-19(24)23-10-13(2)27-14(3)11-23/h6-9,13-14H,5,10-12H2,1-4H3/t13-,14-/m1/s1. The summed E-state index contributed by atoms with van der Waals surface area (Å²) in [7, 11) is 0. The fourth-order valence-electron chi connectivity index (χ4n) is 3.64. The van der Waals surface area contributed by atoms with E-state index < -0.39 is 5.97 Å². The van der Waals surface area contributed by atoms with Gasteiger partial charge in [0.2, 0.25) is 0 Å². The predicted molar refractivity (Wildman–Crippen MR) is 103 cm³/mol. The number of hydrogen-bond acceptors (Lipinski definition) is 5. The number of nitrogens with zero attached hydrogens (tertiary/aromatic N) is 2. The second kappa shape index (κ2) is 8.05. The van der Waals surface area contributed by atoms with Gasteiger partial charge in [0.25, 0.3) is 5.91 Å². The molecule has 0 bridgehead atoms. The summed E-state index contributed by atoms with van der Waals surface area (Å²) in [5.41, 5.74) is 2.92. The van der Waals surface area contributed by atoms with Gasteiger partial charge < -0.3 is 14.4 Å². The van der Waals surface area contributed by atoms with E-state index in [1.165, 1.54) is 0 Å². The van der Waals surface area contributed by atoms with Crippen LogP contribution in [-0.4, -0.2) is 53.7 Å². The van der Waals surface area contributed by atoms with Gasteiger partial charge in [-0.3, -0.25) is 9.78 Å². The number of morpholine rings is 1. The van der Waals surface area contributed by atoms with Gasteiger partial charge in [-0.1, -0.05) is 25.1 Å². The van der Waals surface area contributed by atoms with Crippen LogP contribution in [0, 0.1) is 6.92 Å². The van der Waals surface area contributed by atoms with Crippen LogP contribution in [0.3, 0.4) is 0 Å². The van der Waals surface area contributed by atoms with Crippen molar-refractivity contribution < 1.29 is 19.1 Å². The van der Waals surface area contributed by atoms with Gasteiger partial charge in [0, 0.05) is 24.2 Å². The summed E-state index contributed by atoms with van der Waals surface area (Å²) in [6.45, 7) is 8.50. The Bertz CT molecular complexity index is 855. The summed E-state index contributed by atoms with van der Waals surface area (Å²) in [5.74, 6) is -0.680. The third kappa shape index (κ3) is 4.11. The fourth-order valence-corrected chi connectivity index (χ4v) is 3.64. The largest absolute Gasteiger partial charge is 0.452 e. The van der Waals surface area contributed by atoms with Crippen molar-refractivity contribution in [1.29, 1.82) is 0 Å². The van der Waals surface area contributed by atoms with Gasteiger partial charge in [-0.05, 0) is 38.8 Å². The smallest absolute Gasteiger partial charge is 0.339 e. The number of hydrogen-bond donors (Lipinski definition) is 0. The van der Waals surface area contributed by atoms with E-state index in [4.69, 9.17) is 9.47 Å². The zero-order chi connectivity index (χ0) is 19.6. The maximum Gasteiger partial charge on any atom is 0.339 e. The topological polar surface area (TPSA) is 68.7 Å². The molecular weight excluding hydrogens is 344 g/mol. The predicted octanol–water partition coefficient (Wildman–Crippen LogP) is 2.90. The number of pyridine rings is 1. The van der Waals surface area contributed by atoms with Crippen molar-refractivity contribution in [2.24, 2.45) is 0 Å². The Hall–Kier alpha value is -2.47. The number of carbonyl (C=O) groups is 2. The summed E-state index contributed by atoms with van der Waals surface area (Å²) < 4.78 is 11.0. The quantitative estimate of drug-likeness (QED) is 0.774. The summed E-state index contributed by atoms with van der Waals surface area (Å²) in [6, 6.07) is 7.50. The van der Waals surface area contributed by atoms with Crippen LogP contribution in [0.25, 0.3) is 10.9 Å². The highest BCUT2D eigenvalue weighted by Gasteiger charge is 2.27. The van der Waals surface area contributed by atoms with E-state index in [1.807, 2.05) is 52.0 Å². The molecule has 1 fully saturated rings. The zero-order valence-corrected chi connectivity index (χ0v) is 16.3. The number of rotatable bonds is 4. The number of aryl methyl sites for hydroxylation is 1. The Labute approximate surface area is 159 Å². The number of carbonyl (C=O) groups excluding carboxylic acids is 2. The van der Waals surface area contributed by atoms with Gasteiger partial charge in [0.15, 0.2) is 6.61 Å². The molecule has 1 aliphatic heterocycles. The average molecular weight is 370 g/mol. The lowest BCUT2D eigenvalue weighted by Crippen LogP contribution is -2.49. The van der Waals surface area contributed by atoms with Gasteiger partial charge in [0.1, 0.15) is 0 Å². The molecule has 1 aromatic heterocycles. The molecule has 2 heterocycles. The van der Waals surface area contributed by atoms with Crippen LogP contribution in [-0.2, 0) is 20.7 Å². The highest BCUT2D eigenvalue weighted by molar-refractivity contribution is 6.05. The highest BCUT2D eigenvalue weighted by Crippen LogP contribution is 2.24. The first-order valence-corrected chi connectivity index (χ1v) is 9.39. The molecule has 0 spiro atoms. The van der Waals surface area contributed by atoms with Crippen molar-refractivity contribution in [3.63, 3.8) is 0 Å². The van der Waals surface area contributed by atoms with Gasteiger partial charge >= 0.3 is 5.97 Å². The van der Waals surface area contributed by atoms with Crippen molar-refractivity contribution in [1.82, 2.24) is 9.88 Å². The van der Waals surface area contributed by atoms with E-state index in [0.29, 0.717) is 18.7 Å². The SMILES string of the molecule is CCc1nc2ccccc2c(C(=O)OCC(=O)N2C[C@@H](C)O[C@H](C)C2)c1C. The summed E-state index contributed by atoms with van der Waals surface area (Å²) in [6.07, 6.45) is 0.679. The molecule has 2 aromatic rings. The van der Waals surface area contributed by atoms with Crippen LogP contribution in [0.5, 0.6) is 0 Å². The third-order valence-corrected chi connectivity index (χ3v) is 4.87. The van der Waals surface area contributed by atoms with Crippen molar-refractivity contribution in [2.75, 3.05) is 19.7 Å². The van der Waals surface area contributed by atoms with Crippen LogP contribution in [0.15, 0.2) is 24.3 Å². The van der Waals surface area contributed by atoms with E-state index in [-0.39, 0.29) is 24.7 Å². The van der Waals surface area contributed by atoms with E-state index >= 15 is 0 Å². The molecule has 0 saturated carbocycles. The molecule has 3 rings (SSSR count). The number of benzene rings is 1. The molecule has 0 aliphatic carbocycles. The van der Waals surface area contributed by atoms with Crippen LogP contribution in [0.1, 0.15) is 42.4 Å². The number of esters is 1. The second-order valence-electron chi connectivity index (χ2n) is 7.06. The van der Waals surface area contributed by atoms with Gasteiger partial charge in [-0.25, -0.2) is 4.79 Å². The third-order valence-electron chi connectivity index (χ3n) is 4.87. The molecule has 6 heteroatoms. The van der Waals surface area contributed by atoms with Crippen LogP contribution in [0.2, 0.25) is 0 Å². The Balaban J connectivity index is 1.78. The van der Waals surface area contributed by atoms with Crippen molar-refractivity contribution in [2.45, 2.75) is 46.3 Å². The van der Waals surface area contributed by atoms with E-state index in [9.17, 15) is 9.59 Å². The zero-order valence-electron chi connectivity index (χ0n) is 16.3. The molecule has 0 radical (unpaired) electrons. The first-order chi connectivity index (χ1) is 12.9. The normalized spacial score (nSPS) is 19.9. The summed E-state index contributed by atoms with van der Waals surface area (Å²) >= 11 is 0. The molecule has 6 nitrogen and oxygen atoms in total. The lowest BCUT2D eigenvalue weighted by molar-refractivity contribution is -0.146.